The Morgan fingerprint density at radius 3 is 2.75 bits per heavy atom. The maximum atomic E-state index is 12.8. The molecule has 2 heterocycles. The van der Waals surface area contributed by atoms with Crippen molar-refractivity contribution in [1.82, 2.24) is 14.8 Å². The Bertz CT molecular complexity index is 1030. The van der Waals surface area contributed by atoms with Gasteiger partial charge in [0.15, 0.2) is 5.58 Å². The van der Waals surface area contributed by atoms with Crippen LogP contribution >= 0.6 is 0 Å². The maximum Gasteiger partial charge on any atom is 0.253 e. The molecule has 0 N–H and O–H groups in total. The summed E-state index contributed by atoms with van der Waals surface area (Å²) in [6.45, 7) is 5.75. The first kappa shape index (κ1) is 18.2. The van der Waals surface area contributed by atoms with Crippen LogP contribution in [0.2, 0.25) is 0 Å². The maximum absolute atomic E-state index is 12.8. The number of nitriles is 1. The number of amides is 1. The van der Waals surface area contributed by atoms with Gasteiger partial charge in [0.25, 0.3) is 5.91 Å². The van der Waals surface area contributed by atoms with Crippen LogP contribution in [0.4, 0.5) is 0 Å². The summed E-state index contributed by atoms with van der Waals surface area (Å²) < 4.78 is 5.87. The van der Waals surface area contributed by atoms with Crippen LogP contribution in [-0.4, -0.2) is 46.9 Å². The van der Waals surface area contributed by atoms with E-state index in [1.165, 1.54) is 5.56 Å². The van der Waals surface area contributed by atoms with E-state index in [0.29, 0.717) is 30.1 Å². The second-order valence-electron chi connectivity index (χ2n) is 7.19. The van der Waals surface area contributed by atoms with Crippen LogP contribution in [0.1, 0.15) is 33.8 Å². The number of carbonyl (C=O) groups excluding carboxylic acids is 1. The van der Waals surface area contributed by atoms with Gasteiger partial charge in [0, 0.05) is 31.7 Å². The number of aryl methyl sites for hydroxylation is 1. The average molecular weight is 374 g/mol. The van der Waals surface area contributed by atoms with Crippen LogP contribution in [0.25, 0.3) is 11.1 Å². The molecule has 1 fully saturated rings. The molecule has 3 aromatic rings. The number of fused-ring (bicyclic) bond motifs is 1. The molecule has 0 saturated carbocycles. The topological polar surface area (TPSA) is 73.4 Å². The van der Waals surface area contributed by atoms with Crippen LogP contribution in [0.15, 0.2) is 46.9 Å². The number of hydrogen-bond acceptors (Lipinski definition) is 5. The lowest BCUT2D eigenvalue weighted by Crippen LogP contribution is -2.35. The lowest BCUT2D eigenvalue weighted by atomic mass is 10.1. The summed E-state index contributed by atoms with van der Waals surface area (Å²) in [5.41, 5.74) is 4.06. The molecule has 0 spiro atoms. The van der Waals surface area contributed by atoms with Gasteiger partial charge >= 0.3 is 0 Å². The molecule has 1 saturated heterocycles. The van der Waals surface area contributed by atoms with Gasteiger partial charge in [-0.3, -0.25) is 9.69 Å². The number of nitrogens with zero attached hydrogens (tertiary/aromatic N) is 4. The number of carbonyl (C=O) groups is 1. The highest BCUT2D eigenvalue weighted by Crippen LogP contribution is 2.19. The van der Waals surface area contributed by atoms with Gasteiger partial charge in [-0.15, -0.1) is 0 Å². The van der Waals surface area contributed by atoms with E-state index >= 15 is 0 Å². The predicted octanol–water partition coefficient (Wildman–Crippen LogP) is 3.36. The highest BCUT2D eigenvalue weighted by Gasteiger charge is 2.21. The fraction of sp³-hybridized carbons (Fsp3) is 0.318. The molecule has 1 aliphatic rings. The van der Waals surface area contributed by atoms with Gasteiger partial charge in [-0.1, -0.05) is 6.07 Å². The quantitative estimate of drug-likeness (QED) is 0.703. The van der Waals surface area contributed by atoms with E-state index in [-0.39, 0.29) is 5.91 Å². The number of benzene rings is 2. The molecule has 0 bridgehead atoms. The summed E-state index contributed by atoms with van der Waals surface area (Å²) in [5, 5.41) is 8.90. The molecule has 142 valence electrons. The monoisotopic (exact) mass is 374 g/mol. The lowest BCUT2D eigenvalue weighted by molar-refractivity contribution is 0.0760. The molecule has 0 unspecified atom stereocenters. The highest BCUT2D eigenvalue weighted by atomic mass is 16.3. The first-order valence-corrected chi connectivity index (χ1v) is 9.50. The minimum absolute atomic E-state index is 0.0173. The number of oxazole rings is 1. The average Bonchev–Trinajstić information content (AvgIpc) is 2.95. The second kappa shape index (κ2) is 7.83. The van der Waals surface area contributed by atoms with Crippen molar-refractivity contribution >= 4 is 17.0 Å². The highest BCUT2D eigenvalue weighted by molar-refractivity contribution is 5.94. The molecule has 28 heavy (non-hydrogen) atoms. The van der Waals surface area contributed by atoms with Gasteiger partial charge in [-0.25, -0.2) is 4.98 Å². The van der Waals surface area contributed by atoms with Crippen molar-refractivity contribution in [3.05, 3.63) is 65.0 Å². The molecule has 6 nitrogen and oxygen atoms in total. The third kappa shape index (κ3) is 3.90. The van der Waals surface area contributed by atoms with Crippen molar-refractivity contribution in [3.63, 3.8) is 0 Å². The first-order valence-electron chi connectivity index (χ1n) is 9.50. The van der Waals surface area contributed by atoms with E-state index in [4.69, 9.17) is 9.68 Å². The Morgan fingerprint density at radius 1 is 1.14 bits per heavy atom. The van der Waals surface area contributed by atoms with Crippen LogP contribution in [0, 0.1) is 18.3 Å². The molecule has 4 rings (SSSR count). The van der Waals surface area contributed by atoms with Crippen LogP contribution in [-0.2, 0) is 6.54 Å². The van der Waals surface area contributed by atoms with Crippen LogP contribution in [0.5, 0.6) is 0 Å². The van der Waals surface area contributed by atoms with E-state index in [0.717, 1.165) is 37.2 Å². The molecule has 6 heteroatoms. The zero-order valence-electron chi connectivity index (χ0n) is 15.9. The molecule has 2 aromatic carbocycles. The van der Waals surface area contributed by atoms with E-state index < -0.39 is 0 Å². The molecule has 1 aliphatic heterocycles. The number of aromatic nitrogens is 1. The zero-order chi connectivity index (χ0) is 19.5. The lowest BCUT2D eigenvalue weighted by Gasteiger charge is -2.21. The van der Waals surface area contributed by atoms with Gasteiger partial charge in [0.05, 0.1) is 18.2 Å². The molecule has 1 aromatic heterocycles. The minimum Gasteiger partial charge on any atom is -0.439 e. The smallest absolute Gasteiger partial charge is 0.253 e. The van der Waals surface area contributed by atoms with Gasteiger partial charge in [-0.2, -0.15) is 5.26 Å². The Labute approximate surface area is 164 Å². The van der Waals surface area contributed by atoms with E-state index in [9.17, 15) is 4.79 Å². The number of rotatable bonds is 3. The van der Waals surface area contributed by atoms with E-state index in [2.05, 4.69) is 16.0 Å². The van der Waals surface area contributed by atoms with Gasteiger partial charge in [0.2, 0.25) is 5.89 Å². The minimum atomic E-state index is 0.0173. The van der Waals surface area contributed by atoms with E-state index in [1.54, 1.807) is 24.3 Å². The molecular weight excluding hydrogens is 352 g/mol. The molecule has 0 radical (unpaired) electrons. The summed E-state index contributed by atoms with van der Waals surface area (Å²) in [6.07, 6.45) is 0.904. The van der Waals surface area contributed by atoms with Gasteiger partial charge in [0.1, 0.15) is 5.52 Å². The second-order valence-corrected chi connectivity index (χ2v) is 7.19. The Morgan fingerprint density at radius 2 is 1.96 bits per heavy atom. The fourth-order valence-corrected chi connectivity index (χ4v) is 3.55. The SMILES string of the molecule is Cc1ccc2oc(CN3CCCN(C(=O)c4ccc(C#N)cc4)CC3)nc2c1. The van der Waals surface area contributed by atoms with E-state index in [1.807, 2.05) is 30.0 Å². The summed E-state index contributed by atoms with van der Waals surface area (Å²) in [7, 11) is 0. The largest absolute Gasteiger partial charge is 0.439 e. The standard InChI is InChI=1S/C22H22N4O2/c1-16-3-8-20-19(13-16)24-21(28-20)15-25-9-2-10-26(12-11-25)22(27)18-6-4-17(14-23)5-7-18/h3-8,13H,2,9-12,15H2,1H3. The normalized spacial score (nSPS) is 15.4. The summed E-state index contributed by atoms with van der Waals surface area (Å²) in [6, 6.07) is 14.9. The van der Waals surface area contributed by atoms with Gasteiger partial charge in [-0.05, 0) is 55.3 Å². The van der Waals surface area contributed by atoms with Crippen molar-refractivity contribution in [2.45, 2.75) is 19.9 Å². The third-order valence-corrected chi connectivity index (χ3v) is 5.08. The first-order chi connectivity index (χ1) is 13.6. The van der Waals surface area contributed by atoms with Crippen LogP contribution < -0.4 is 0 Å². The molecular formula is C22H22N4O2. The predicted molar refractivity (Wildman–Crippen MR) is 106 cm³/mol. The molecule has 1 amide bonds. The Kier molecular flexibility index (Phi) is 5.09. The van der Waals surface area contributed by atoms with Crippen molar-refractivity contribution in [1.29, 1.82) is 5.26 Å². The molecule has 0 atom stereocenters. The van der Waals surface area contributed by atoms with Crippen molar-refractivity contribution in [2.75, 3.05) is 26.2 Å². The molecule has 0 aliphatic carbocycles. The van der Waals surface area contributed by atoms with Crippen molar-refractivity contribution in [3.8, 4) is 6.07 Å². The number of hydrogen-bond donors (Lipinski definition) is 0. The van der Waals surface area contributed by atoms with Crippen molar-refractivity contribution < 1.29 is 9.21 Å². The zero-order valence-corrected chi connectivity index (χ0v) is 15.9. The third-order valence-electron chi connectivity index (χ3n) is 5.08. The van der Waals surface area contributed by atoms with Crippen LogP contribution in [0.3, 0.4) is 0 Å². The summed E-state index contributed by atoms with van der Waals surface area (Å²) >= 11 is 0. The summed E-state index contributed by atoms with van der Waals surface area (Å²) in [4.78, 5) is 21.5. The Balaban J connectivity index is 1.40. The Hall–Kier alpha value is -3.17. The fourth-order valence-electron chi connectivity index (χ4n) is 3.55. The van der Waals surface area contributed by atoms with Crippen molar-refractivity contribution in [2.24, 2.45) is 0 Å². The van der Waals surface area contributed by atoms with Gasteiger partial charge < -0.3 is 9.32 Å². The summed E-state index contributed by atoms with van der Waals surface area (Å²) in [5.74, 6) is 0.733.